The number of amides is 1. The zero-order chi connectivity index (χ0) is 24.6. The van der Waals surface area contributed by atoms with Crippen LogP contribution in [0.25, 0.3) is 0 Å². The molecule has 0 unspecified atom stereocenters. The van der Waals surface area contributed by atoms with Crippen LogP contribution in [0.4, 0.5) is 13.6 Å². The Morgan fingerprint density at radius 3 is 2.42 bits per heavy atom. The van der Waals surface area contributed by atoms with Gasteiger partial charge in [0.1, 0.15) is 18.0 Å². The van der Waals surface area contributed by atoms with E-state index in [9.17, 15) is 18.3 Å². The second-order valence-electron chi connectivity index (χ2n) is 10.1. The molecule has 3 aliphatic heterocycles. The van der Waals surface area contributed by atoms with Crippen molar-refractivity contribution in [2.24, 2.45) is 10.7 Å². The third-order valence-corrected chi connectivity index (χ3v) is 10.7. The molecule has 0 radical (unpaired) electrons. The lowest BCUT2D eigenvalue weighted by molar-refractivity contribution is 0.00578. The highest BCUT2D eigenvalue weighted by Crippen LogP contribution is 2.72. The lowest BCUT2D eigenvalue weighted by Crippen LogP contribution is -2.54. The molecule has 0 aliphatic carbocycles. The minimum atomic E-state index is -3.74. The van der Waals surface area contributed by atoms with Crippen molar-refractivity contribution in [2.75, 3.05) is 6.67 Å². The Hall–Kier alpha value is -1.73. The van der Waals surface area contributed by atoms with Crippen molar-refractivity contribution in [3.05, 3.63) is 29.6 Å². The van der Waals surface area contributed by atoms with Crippen LogP contribution >= 0.6 is 10.6 Å². The number of primary amides is 1. The molecular weight excluding hydrogens is 457 g/mol. The van der Waals surface area contributed by atoms with Crippen LogP contribution in [0.3, 0.4) is 0 Å². The summed E-state index contributed by atoms with van der Waals surface area (Å²) in [6.45, 7) is 7.87. The molecule has 3 atom stereocenters. The normalized spacial score (nSPS) is 34.6. The van der Waals surface area contributed by atoms with Crippen LogP contribution < -0.4 is 11.2 Å². The van der Waals surface area contributed by atoms with E-state index in [1.807, 2.05) is 27.7 Å². The van der Waals surface area contributed by atoms with Crippen LogP contribution in [0.15, 0.2) is 23.2 Å². The number of fused-ring (bicyclic) bond motifs is 2. The van der Waals surface area contributed by atoms with Crippen LogP contribution in [-0.4, -0.2) is 56.1 Å². The number of ether oxygens (including phenoxy) is 1. The summed E-state index contributed by atoms with van der Waals surface area (Å²) in [7, 11) is -4.54. The Morgan fingerprint density at radius 1 is 1.27 bits per heavy atom. The number of hydrogen-bond acceptors (Lipinski definition) is 7. The summed E-state index contributed by atoms with van der Waals surface area (Å²) >= 11 is 0. The van der Waals surface area contributed by atoms with Gasteiger partial charge in [0, 0.05) is 5.56 Å². The number of nitrogens with zero attached hydrogens (tertiary/aromatic N) is 1. The third-order valence-electron chi connectivity index (χ3n) is 7.61. The largest absolute Gasteiger partial charge is 0.494 e. The lowest BCUT2D eigenvalue weighted by atomic mass is 9.75. The topological polar surface area (TPSA) is 124 Å². The van der Waals surface area contributed by atoms with Gasteiger partial charge in [0.15, 0.2) is 4.75 Å². The fourth-order valence-corrected chi connectivity index (χ4v) is 7.61. The first-order valence-corrected chi connectivity index (χ1v) is 12.3. The van der Waals surface area contributed by atoms with Crippen molar-refractivity contribution >= 4 is 35.2 Å². The molecule has 0 aromatic heterocycles. The molecule has 4 N–H and O–H groups in total. The predicted molar refractivity (Wildman–Crippen MR) is 122 cm³/mol. The molecule has 3 heterocycles. The molecular formula is C21H29BF2N2O6S. The van der Waals surface area contributed by atoms with Crippen LogP contribution in [0.2, 0.25) is 0 Å². The second-order valence-corrected chi connectivity index (χ2v) is 12.6. The first-order valence-electron chi connectivity index (χ1n) is 10.7. The number of rotatable bonds is 3. The maximum absolute atomic E-state index is 15.2. The van der Waals surface area contributed by atoms with Gasteiger partial charge in [0.2, 0.25) is 5.90 Å². The maximum Gasteiger partial charge on any atom is 0.494 e. The van der Waals surface area contributed by atoms with E-state index in [1.54, 1.807) is 0 Å². The molecule has 182 valence electrons. The zero-order valence-corrected chi connectivity index (χ0v) is 20.0. The van der Waals surface area contributed by atoms with Crippen molar-refractivity contribution in [3.63, 3.8) is 0 Å². The molecule has 0 spiro atoms. The van der Waals surface area contributed by atoms with Crippen LogP contribution in [0, 0.1) is 5.82 Å². The molecule has 1 aromatic carbocycles. The van der Waals surface area contributed by atoms with E-state index in [-0.39, 0.29) is 18.4 Å². The van der Waals surface area contributed by atoms with E-state index in [0.29, 0.717) is 5.46 Å². The van der Waals surface area contributed by atoms with Gasteiger partial charge >= 0.3 is 13.2 Å². The number of hydrogen-bond donors (Lipinski definition) is 3. The molecule has 8 nitrogen and oxygen atoms in total. The molecule has 1 aromatic rings. The Bertz CT molecular complexity index is 1020. The average Bonchev–Trinajstić information content (AvgIpc) is 3.02. The molecule has 0 saturated carbocycles. The molecule has 2 saturated heterocycles. The van der Waals surface area contributed by atoms with E-state index >= 15 is 4.39 Å². The van der Waals surface area contributed by atoms with E-state index < -0.39 is 68.9 Å². The summed E-state index contributed by atoms with van der Waals surface area (Å²) in [6.07, 6.45) is -1.16. The number of benzene rings is 1. The second kappa shape index (κ2) is 7.38. The monoisotopic (exact) mass is 486 g/mol. The van der Waals surface area contributed by atoms with Gasteiger partial charge < -0.3 is 19.8 Å². The van der Waals surface area contributed by atoms with Gasteiger partial charge in [-0.15, -0.1) is 0 Å². The zero-order valence-electron chi connectivity index (χ0n) is 19.2. The number of aliphatic imine (C=N–C) groups is 1. The highest BCUT2D eigenvalue weighted by molar-refractivity contribution is 8.26. The first kappa shape index (κ1) is 24.4. The molecule has 2 bridgehead atoms. The summed E-state index contributed by atoms with van der Waals surface area (Å²) in [6, 6.07) is 4.25. The van der Waals surface area contributed by atoms with E-state index in [4.69, 9.17) is 19.8 Å². The van der Waals surface area contributed by atoms with Crippen molar-refractivity contribution in [1.82, 2.24) is 0 Å². The SMILES string of the molecule is CC1(C)OB(c2ccc(F)c([C@@]3(C)N=C(OC(N)=O)[C@@]4(CF)CC[C@@H]3S4(O)O)c2)OC1(C)C. The predicted octanol–water partition coefficient (Wildman–Crippen LogP) is 3.47. The van der Waals surface area contributed by atoms with E-state index in [1.165, 1.54) is 25.1 Å². The summed E-state index contributed by atoms with van der Waals surface area (Å²) < 4.78 is 66.9. The smallest absolute Gasteiger partial charge is 0.399 e. The van der Waals surface area contributed by atoms with E-state index in [0.717, 1.165) is 0 Å². The van der Waals surface area contributed by atoms with Crippen molar-refractivity contribution < 1.29 is 36.7 Å². The van der Waals surface area contributed by atoms with Gasteiger partial charge in [-0.2, -0.15) is 10.6 Å². The third kappa shape index (κ3) is 3.33. The number of carbonyl (C=O) groups is 1. The molecule has 12 heteroatoms. The lowest BCUT2D eigenvalue weighted by Gasteiger charge is -2.54. The van der Waals surface area contributed by atoms with E-state index in [2.05, 4.69) is 4.99 Å². The molecule has 2 fully saturated rings. The number of alkyl halides is 1. The van der Waals surface area contributed by atoms with Gasteiger partial charge in [0.25, 0.3) is 0 Å². The summed E-state index contributed by atoms with van der Waals surface area (Å²) in [5.74, 6) is -1.18. The summed E-state index contributed by atoms with van der Waals surface area (Å²) in [5, 5.41) is -0.996. The van der Waals surface area contributed by atoms with Crippen LogP contribution in [0.1, 0.15) is 53.0 Å². The Morgan fingerprint density at radius 2 is 1.88 bits per heavy atom. The molecule has 1 amide bonds. The van der Waals surface area contributed by atoms with Gasteiger partial charge in [-0.3, -0.25) is 9.11 Å². The molecule has 33 heavy (non-hydrogen) atoms. The maximum atomic E-state index is 15.2. The van der Waals surface area contributed by atoms with Gasteiger partial charge in [0.05, 0.1) is 16.5 Å². The molecule has 3 aliphatic rings. The summed E-state index contributed by atoms with van der Waals surface area (Å²) in [5.41, 5.74) is 2.87. The number of nitrogens with two attached hydrogens (primary N) is 1. The average molecular weight is 486 g/mol. The summed E-state index contributed by atoms with van der Waals surface area (Å²) in [4.78, 5) is 15.9. The fourth-order valence-electron chi connectivity index (χ4n) is 4.88. The standard InChI is InChI=1S/C21H29BF2N2O6S/c1-18(2)19(3,4)32-22(31-18)12-6-7-14(24)13(10-12)20(5)15-8-9-21(11-23,33(15,28)29)16(26-20)30-17(25)27/h6-7,10,15,28-29H,8-9,11H2,1-5H3,(H2,25,27)/t15-,20+,21-/m0/s1. The quantitative estimate of drug-likeness (QED) is 0.563. The Balaban J connectivity index is 1.85. The highest BCUT2D eigenvalue weighted by atomic mass is 32.3. The number of carbonyl (C=O) groups excluding carboxylic acids is 1. The van der Waals surface area contributed by atoms with Gasteiger partial charge in [-0.05, 0) is 59.0 Å². The van der Waals surface area contributed by atoms with Crippen molar-refractivity contribution in [2.45, 2.75) is 74.2 Å². The van der Waals surface area contributed by atoms with Crippen molar-refractivity contribution in [3.8, 4) is 0 Å². The Kier molecular flexibility index (Phi) is 5.46. The fraction of sp³-hybridized carbons (Fsp3) is 0.619. The van der Waals surface area contributed by atoms with Gasteiger partial charge in [-0.25, -0.2) is 18.6 Å². The van der Waals surface area contributed by atoms with Crippen LogP contribution in [-0.2, 0) is 19.6 Å². The van der Waals surface area contributed by atoms with Crippen molar-refractivity contribution in [1.29, 1.82) is 0 Å². The minimum absolute atomic E-state index is 0.0274. The minimum Gasteiger partial charge on any atom is -0.399 e. The highest BCUT2D eigenvalue weighted by Gasteiger charge is 2.67. The number of halogens is 2. The Labute approximate surface area is 193 Å². The first-order chi connectivity index (χ1) is 15.1. The van der Waals surface area contributed by atoms with Gasteiger partial charge in [-0.1, -0.05) is 12.1 Å². The van der Waals surface area contributed by atoms with Crippen LogP contribution in [0.5, 0.6) is 0 Å². The molecule has 4 rings (SSSR count).